The fraction of sp³-hybridized carbons (Fsp3) is 0.533. The second kappa shape index (κ2) is 5.80. The van der Waals surface area contributed by atoms with Gasteiger partial charge in [0, 0.05) is 5.56 Å². The zero-order chi connectivity index (χ0) is 15.6. The summed E-state index contributed by atoms with van der Waals surface area (Å²) >= 11 is 0. The number of carbonyl (C=O) groups excluding carboxylic acids is 1. The molecule has 0 N–H and O–H groups in total. The molecule has 0 bridgehead atoms. The largest absolute Gasteiger partial charge is 0.362 e. The fourth-order valence-corrected chi connectivity index (χ4v) is 3.88. The number of benzene rings is 1. The SMILES string of the molecule is CC(C)(C)OP(=O)(OC(C)(C)C)c1cccc(C=O)c1. The first-order valence-electron chi connectivity index (χ1n) is 6.53. The van der Waals surface area contributed by atoms with E-state index in [1.807, 2.05) is 41.5 Å². The van der Waals surface area contributed by atoms with Crippen molar-refractivity contribution in [1.82, 2.24) is 0 Å². The van der Waals surface area contributed by atoms with Gasteiger partial charge in [-0.1, -0.05) is 12.1 Å². The van der Waals surface area contributed by atoms with E-state index in [0.717, 1.165) is 0 Å². The van der Waals surface area contributed by atoms with Crippen LogP contribution in [0.2, 0.25) is 0 Å². The van der Waals surface area contributed by atoms with Crippen LogP contribution in [0, 0.1) is 0 Å². The van der Waals surface area contributed by atoms with Gasteiger partial charge in [-0.2, -0.15) is 0 Å². The van der Waals surface area contributed by atoms with Crippen LogP contribution in [0.1, 0.15) is 51.9 Å². The second-order valence-electron chi connectivity index (χ2n) is 6.62. The van der Waals surface area contributed by atoms with Crippen LogP contribution in [0.25, 0.3) is 0 Å². The van der Waals surface area contributed by atoms with Gasteiger partial charge in [0.2, 0.25) is 0 Å². The minimum atomic E-state index is -3.51. The van der Waals surface area contributed by atoms with Crippen LogP contribution in [0.4, 0.5) is 0 Å². The quantitative estimate of drug-likeness (QED) is 0.624. The lowest BCUT2D eigenvalue weighted by molar-refractivity contribution is 0.0548. The average molecular weight is 298 g/mol. The summed E-state index contributed by atoms with van der Waals surface area (Å²) in [7, 11) is -3.51. The highest BCUT2D eigenvalue weighted by atomic mass is 31.2. The van der Waals surface area contributed by atoms with E-state index in [-0.39, 0.29) is 0 Å². The highest BCUT2D eigenvalue weighted by Gasteiger charge is 2.37. The zero-order valence-electron chi connectivity index (χ0n) is 13.0. The van der Waals surface area contributed by atoms with Crippen molar-refractivity contribution in [2.24, 2.45) is 0 Å². The minimum Gasteiger partial charge on any atom is -0.299 e. The van der Waals surface area contributed by atoms with Gasteiger partial charge >= 0.3 is 7.60 Å². The fourth-order valence-electron chi connectivity index (χ4n) is 1.61. The Balaban J connectivity index is 3.29. The molecule has 0 heterocycles. The molecular weight excluding hydrogens is 275 g/mol. The molecule has 4 nitrogen and oxygen atoms in total. The molecule has 1 aromatic carbocycles. The normalized spacial score (nSPS) is 13.3. The molecule has 112 valence electrons. The standard InChI is InChI=1S/C15H23O4P/c1-14(2,3)18-20(17,19-15(4,5)6)13-9-7-8-12(10-13)11-16/h7-11H,1-6H3. The summed E-state index contributed by atoms with van der Waals surface area (Å²) in [6.45, 7) is 10.9. The number of aldehydes is 1. The van der Waals surface area contributed by atoms with Crippen LogP contribution >= 0.6 is 7.60 Å². The molecule has 0 fully saturated rings. The smallest absolute Gasteiger partial charge is 0.299 e. The van der Waals surface area contributed by atoms with E-state index < -0.39 is 18.8 Å². The van der Waals surface area contributed by atoms with Crippen LogP contribution in [0.3, 0.4) is 0 Å². The molecule has 0 aliphatic carbocycles. The maximum atomic E-state index is 13.2. The summed E-state index contributed by atoms with van der Waals surface area (Å²) in [5.41, 5.74) is -0.812. The van der Waals surface area contributed by atoms with E-state index in [9.17, 15) is 9.36 Å². The molecule has 0 aliphatic rings. The summed E-state index contributed by atoms with van der Waals surface area (Å²) in [5, 5.41) is 0.395. The summed E-state index contributed by atoms with van der Waals surface area (Å²) < 4.78 is 24.6. The molecule has 0 atom stereocenters. The molecule has 0 unspecified atom stereocenters. The van der Waals surface area contributed by atoms with Gasteiger partial charge in [-0.3, -0.25) is 18.4 Å². The number of hydrogen-bond acceptors (Lipinski definition) is 4. The highest BCUT2D eigenvalue weighted by molar-refractivity contribution is 7.62. The number of rotatable bonds is 4. The monoisotopic (exact) mass is 298 g/mol. The number of carbonyl (C=O) groups is 1. The molecule has 0 spiro atoms. The number of hydrogen-bond donors (Lipinski definition) is 0. The van der Waals surface area contributed by atoms with Gasteiger partial charge in [-0.05, 0) is 53.7 Å². The molecule has 0 radical (unpaired) electrons. The first kappa shape index (κ1) is 17.1. The molecular formula is C15H23O4P. The molecule has 1 rings (SSSR count). The predicted octanol–water partition coefficient (Wildman–Crippen LogP) is 3.95. The summed E-state index contributed by atoms with van der Waals surface area (Å²) in [4.78, 5) is 10.9. The van der Waals surface area contributed by atoms with Gasteiger partial charge in [-0.25, -0.2) is 0 Å². The lowest BCUT2D eigenvalue weighted by Crippen LogP contribution is -2.28. The van der Waals surface area contributed by atoms with Crippen molar-refractivity contribution in [3.63, 3.8) is 0 Å². The van der Waals surface area contributed by atoms with Gasteiger partial charge in [0.15, 0.2) is 0 Å². The van der Waals surface area contributed by atoms with Crippen LogP contribution < -0.4 is 5.30 Å². The van der Waals surface area contributed by atoms with Crippen molar-refractivity contribution in [3.05, 3.63) is 29.8 Å². The Morgan fingerprint density at radius 1 is 1.00 bits per heavy atom. The van der Waals surface area contributed by atoms with Crippen molar-refractivity contribution in [1.29, 1.82) is 0 Å². The first-order chi connectivity index (χ1) is 8.95. The molecule has 0 aliphatic heterocycles. The van der Waals surface area contributed by atoms with Gasteiger partial charge in [0.1, 0.15) is 6.29 Å². The Kier molecular flexibility index (Phi) is 4.96. The minimum absolute atomic E-state index is 0.395. The van der Waals surface area contributed by atoms with Crippen molar-refractivity contribution in [3.8, 4) is 0 Å². The lowest BCUT2D eigenvalue weighted by atomic mass is 10.2. The van der Waals surface area contributed by atoms with Crippen LogP contribution in [-0.4, -0.2) is 17.5 Å². The molecule has 0 saturated heterocycles. The molecule has 0 saturated carbocycles. The van der Waals surface area contributed by atoms with E-state index in [2.05, 4.69) is 0 Å². The van der Waals surface area contributed by atoms with E-state index >= 15 is 0 Å². The van der Waals surface area contributed by atoms with Crippen molar-refractivity contribution in [2.45, 2.75) is 52.7 Å². The Labute approximate surface area is 121 Å². The van der Waals surface area contributed by atoms with Crippen LogP contribution in [-0.2, 0) is 13.6 Å². The van der Waals surface area contributed by atoms with Crippen molar-refractivity contribution >= 4 is 19.2 Å². The third kappa shape index (κ3) is 5.20. The first-order valence-corrected chi connectivity index (χ1v) is 8.07. The van der Waals surface area contributed by atoms with E-state index in [1.54, 1.807) is 24.3 Å². The highest BCUT2D eigenvalue weighted by Crippen LogP contribution is 2.53. The van der Waals surface area contributed by atoms with Gasteiger partial charge in [0.25, 0.3) is 0 Å². The topological polar surface area (TPSA) is 52.6 Å². The van der Waals surface area contributed by atoms with Crippen LogP contribution in [0.15, 0.2) is 24.3 Å². The summed E-state index contributed by atoms with van der Waals surface area (Å²) in [6, 6.07) is 6.52. The second-order valence-corrected chi connectivity index (χ2v) is 8.49. The Morgan fingerprint density at radius 2 is 1.50 bits per heavy atom. The van der Waals surface area contributed by atoms with Crippen molar-refractivity contribution in [2.75, 3.05) is 0 Å². The Morgan fingerprint density at radius 3 is 1.90 bits per heavy atom. The Bertz CT molecular complexity index is 503. The third-order valence-corrected chi connectivity index (χ3v) is 4.60. The predicted molar refractivity (Wildman–Crippen MR) is 80.7 cm³/mol. The molecule has 5 heteroatoms. The van der Waals surface area contributed by atoms with Crippen LogP contribution in [0.5, 0.6) is 0 Å². The van der Waals surface area contributed by atoms with E-state index in [4.69, 9.17) is 9.05 Å². The lowest BCUT2D eigenvalue weighted by Gasteiger charge is -2.32. The zero-order valence-corrected chi connectivity index (χ0v) is 13.9. The third-order valence-electron chi connectivity index (χ3n) is 2.11. The van der Waals surface area contributed by atoms with Gasteiger partial charge in [-0.15, -0.1) is 0 Å². The summed E-state index contributed by atoms with van der Waals surface area (Å²) in [5.74, 6) is 0. The van der Waals surface area contributed by atoms with E-state index in [1.165, 1.54) is 0 Å². The van der Waals surface area contributed by atoms with Crippen molar-refractivity contribution < 1.29 is 18.4 Å². The summed E-state index contributed by atoms with van der Waals surface area (Å²) in [6.07, 6.45) is 0.710. The molecule has 0 aromatic heterocycles. The maximum Gasteiger partial charge on any atom is 0.362 e. The molecule has 0 amide bonds. The maximum absolute atomic E-state index is 13.2. The van der Waals surface area contributed by atoms with E-state index in [0.29, 0.717) is 17.2 Å². The molecule has 1 aromatic rings. The van der Waals surface area contributed by atoms with Gasteiger partial charge in [0.05, 0.1) is 16.5 Å². The Hall–Kier alpha value is -0.960. The average Bonchev–Trinajstić information content (AvgIpc) is 2.24. The van der Waals surface area contributed by atoms with Gasteiger partial charge < -0.3 is 0 Å². The molecule has 20 heavy (non-hydrogen) atoms.